The first kappa shape index (κ1) is 19.6. The monoisotopic (exact) mass is 393 g/mol. The van der Waals surface area contributed by atoms with E-state index >= 15 is 0 Å². The van der Waals surface area contributed by atoms with Crippen LogP contribution in [0.3, 0.4) is 0 Å². The number of carbonyl (C=O) groups is 2. The van der Waals surface area contributed by atoms with Gasteiger partial charge in [0.05, 0.1) is 6.42 Å². The zero-order chi connectivity index (χ0) is 19.6. The molecule has 1 aromatic heterocycles. The van der Waals surface area contributed by atoms with Crippen molar-refractivity contribution in [3.63, 3.8) is 0 Å². The largest absolute Gasteiger partial charge is 0.352 e. The molecule has 5 nitrogen and oxygen atoms in total. The maximum absolute atomic E-state index is 12.0. The molecule has 3 rings (SSSR count). The van der Waals surface area contributed by atoms with Crippen LogP contribution in [0.4, 0.5) is 4.79 Å². The van der Waals surface area contributed by atoms with Crippen molar-refractivity contribution in [3.8, 4) is 0 Å². The van der Waals surface area contributed by atoms with E-state index in [0.29, 0.717) is 26.1 Å². The molecule has 6 heteroatoms. The van der Waals surface area contributed by atoms with Gasteiger partial charge in [-0.25, -0.2) is 4.79 Å². The number of urea groups is 1. The Balaban J connectivity index is 1.41. The molecule has 0 fully saturated rings. The predicted molar refractivity (Wildman–Crippen MR) is 112 cm³/mol. The average Bonchev–Trinajstić information content (AvgIpc) is 3.23. The van der Waals surface area contributed by atoms with Gasteiger partial charge in [-0.15, -0.1) is 11.3 Å². The van der Waals surface area contributed by atoms with Gasteiger partial charge in [0.25, 0.3) is 0 Å². The molecule has 0 saturated heterocycles. The lowest BCUT2D eigenvalue weighted by molar-refractivity contribution is -0.120. The third-order valence-corrected chi connectivity index (χ3v) is 5.02. The Bertz CT molecular complexity index is 895. The fraction of sp³-hybridized carbons (Fsp3) is 0.182. The summed E-state index contributed by atoms with van der Waals surface area (Å²) in [7, 11) is 0. The van der Waals surface area contributed by atoms with Crippen molar-refractivity contribution in [1.29, 1.82) is 0 Å². The Kier molecular flexibility index (Phi) is 7.21. The minimum Gasteiger partial charge on any atom is -0.352 e. The summed E-state index contributed by atoms with van der Waals surface area (Å²) in [6.07, 6.45) is 0.403. The quantitative estimate of drug-likeness (QED) is 0.547. The summed E-state index contributed by atoms with van der Waals surface area (Å²) >= 11 is 1.58. The lowest BCUT2D eigenvalue weighted by Crippen LogP contribution is -2.34. The number of thiophene rings is 1. The topological polar surface area (TPSA) is 70.2 Å². The van der Waals surface area contributed by atoms with Crippen molar-refractivity contribution < 1.29 is 9.59 Å². The van der Waals surface area contributed by atoms with Crippen molar-refractivity contribution >= 4 is 23.3 Å². The van der Waals surface area contributed by atoms with Gasteiger partial charge in [0.1, 0.15) is 0 Å². The lowest BCUT2D eigenvalue weighted by atomic mass is 10.1. The molecule has 2 aromatic carbocycles. The summed E-state index contributed by atoms with van der Waals surface area (Å²) in [6, 6.07) is 21.3. The molecule has 3 amide bonds. The van der Waals surface area contributed by atoms with Crippen LogP contribution in [0.2, 0.25) is 0 Å². The van der Waals surface area contributed by atoms with E-state index in [9.17, 15) is 9.59 Å². The Hall–Kier alpha value is -3.12. The maximum atomic E-state index is 12.0. The number of hydrogen-bond donors (Lipinski definition) is 3. The summed E-state index contributed by atoms with van der Waals surface area (Å²) in [6.45, 7) is 1.39. The SMILES string of the molecule is O=C(Cc1cccs1)NCc1cccc(CNC(=O)NCc2ccccc2)c1. The fourth-order valence-corrected chi connectivity index (χ4v) is 3.41. The normalized spacial score (nSPS) is 10.3. The van der Waals surface area contributed by atoms with E-state index in [-0.39, 0.29) is 11.9 Å². The predicted octanol–water partition coefficient (Wildman–Crippen LogP) is 3.61. The molecule has 0 bridgehead atoms. The van der Waals surface area contributed by atoms with Gasteiger partial charge in [0, 0.05) is 24.5 Å². The third kappa shape index (κ3) is 6.55. The van der Waals surface area contributed by atoms with Gasteiger partial charge in [0.2, 0.25) is 5.91 Å². The molecule has 3 aromatic rings. The molecule has 1 heterocycles. The van der Waals surface area contributed by atoms with E-state index in [2.05, 4.69) is 16.0 Å². The van der Waals surface area contributed by atoms with Crippen molar-refractivity contribution in [3.05, 3.63) is 93.7 Å². The first-order valence-corrected chi connectivity index (χ1v) is 9.99. The zero-order valence-corrected chi connectivity index (χ0v) is 16.3. The number of amides is 3. The van der Waals surface area contributed by atoms with Crippen molar-refractivity contribution in [2.75, 3.05) is 0 Å². The molecular formula is C22H23N3O2S. The summed E-state index contributed by atoms with van der Waals surface area (Å²) in [5.41, 5.74) is 3.04. The van der Waals surface area contributed by atoms with Gasteiger partial charge in [-0.1, -0.05) is 60.7 Å². The Morgan fingerprint density at radius 1 is 0.714 bits per heavy atom. The van der Waals surface area contributed by atoms with Crippen LogP contribution in [-0.2, 0) is 30.8 Å². The first-order valence-electron chi connectivity index (χ1n) is 9.11. The minimum absolute atomic E-state index is 0.00580. The van der Waals surface area contributed by atoms with Crippen LogP contribution in [0, 0.1) is 0 Å². The van der Waals surface area contributed by atoms with E-state index in [0.717, 1.165) is 21.6 Å². The summed E-state index contributed by atoms with van der Waals surface area (Å²) in [4.78, 5) is 25.0. The van der Waals surface area contributed by atoms with Gasteiger partial charge in [-0.2, -0.15) is 0 Å². The van der Waals surface area contributed by atoms with E-state index in [4.69, 9.17) is 0 Å². The maximum Gasteiger partial charge on any atom is 0.315 e. The highest BCUT2D eigenvalue weighted by Crippen LogP contribution is 2.09. The highest BCUT2D eigenvalue weighted by Gasteiger charge is 2.05. The van der Waals surface area contributed by atoms with Crippen LogP contribution < -0.4 is 16.0 Å². The molecule has 0 radical (unpaired) electrons. The average molecular weight is 394 g/mol. The highest BCUT2D eigenvalue weighted by atomic mass is 32.1. The summed E-state index contributed by atoms with van der Waals surface area (Å²) in [5, 5.41) is 10.6. The van der Waals surface area contributed by atoms with Gasteiger partial charge < -0.3 is 16.0 Å². The minimum atomic E-state index is -0.210. The number of rotatable bonds is 8. The molecule has 0 aliphatic carbocycles. The second-order valence-corrected chi connectivity index (χ2v) is 7.41. The Labute approximate surface area is 168 Å². The molecule has 0 aliphatic rings. The van der Waals surface area contributed by atoms with Crippen molar-refractivity contribution in [2.45, 2.75) is 26.1 Å². The third-order valence-electron chi connectivity index (χ3n) is 4.14. The van der Waals surface area contributed by atoms with Crippen LogP contribution in [-0.4, -0.2) is 11.9 Å². The number of hydrogen-bond acceptors (Lipinski definition) is 3. The van der Waals surface area contributed by atoms with Crippen LogP contribution >= 0.6 is 11.3 Å². The lowest BCUT2D eigenvalue weighted by Gasteiger charge is -2.10. The molecule has 28 heavy (non-hydrogen) atoms. The summed E-state index contributed by atoms with van der Waals surface area (Å²) in [5.74, 6) is 0.00580. The Morgan fingerprint density at radius 2 is 1.36 bits per heavy atom. The second-order valence-electron chi connectivity index (χ2n) is 6.37. The number of benzene rings is 2. The molecule has 0 atom stereocenters. The molecule has 0 aliphatic heterocycles. The molecule has 0 saturated carbocycles. The number of carbonyl (C=O) groups excluding carboxylic acids is 2. The standard InChI is InChI=1S/C22H23N3O2S/c26-21(13-20-10-5-11-28-20)23-15-18-8-4-9-19(12-18)16-25-22(27)24-14-17-6-2-1-3-7-17/h1-12H,13-16H2,(H,23,26)(H2,24,25,27). The number of nitrogens with one attached hydrogen (secondary N) is 3. The van der Waals surface area contributed by atoms with E-state index in [1.54, 1.807) is 11.3 Å². The first-order chi connectivity index (χ1) is 13.7. The molecular weight excluding hydrogens is 370 g/mol. The zero-order valence-electron chi connectivity index (χ0n) is 15.5. The van der Waals surface area contributed by atoms with Crippen molar-refractivity contribution in [2.24, 2.45) is 0 Å². The smallest absolute Gasteiger partial charge is 0.315 e. The van der Waals surface area contributed by atoms with E-state index in [1.165, 1.54) is 0 Å². The van der Waals surface area contributed by atoms with Crippen LogP contribution in [0.1, 0.15) is 21.6 Å². The van der Waals surface area contributed by atoms with Crippen LogP contribution in [0.25, 0.3) is 0 Å². The molecule has 0 spiro atoms. The molecule has 3 N–H and O–H groups in total. The molecule has 0 unspecified atom stereocenters. The van der Waals surface area contributed by atoms with Gasteiger partial charge >= 0.3 is 6.03 Å². The summed E-state index contributed by atoms with van der Waals surface area (Å²) < 4.78 is 0. The van der Waals surface area contributed by atoms with E-state index < -0.39 is 0 Å². The highest BCUT2D eigenvalue weighted by molar-refractivity contribution is 7.10. The van der Waals surface area contributed by atoms with Crippen LogP contribution in [0.5, 0.6) is 0 Å². The van der Waals surface area contributed by atoms with Crippen LogP contribution in [0.15, 0.2) is 72.1 Å². The fourth-order valence-electron chi connectivity index (χ4n) is 2.71. The molecule has 144 valence electrons. The van der Waals surface area contributed by atoms with E-state index in [1.807, 2.05) is 72.1 Å². The van der Waals surface area contributed by atoms with Gasteiger partial charge in [0.15, 0.2) is 0 Å². The van der Waals surface area contributed by atoms with Gasteiger partial charge in [-0.05, 0) is 28.1 Å². The van der Waals surface area contributed by atoms with Gasteiger partial charge in [-0.3, -0.25) is 4.79 Å². The Morgan fingerprint density at radius 3 is 2.04 bits per heavy atom. The second kappa shape index (κ2) is 10.3. The van der Waals surface area contributed by atoms with Crippen molar-refractivity contribution in [1.82, 2.24) is 16.0 Å².